The van der Waals surface area contributed by atoms with Crippen LogP contribution in [-0.2, 0) is 14.6 Å². The molecule has 104 valence electrons. The van der Waals surface area contributed by atoms with Crippen LogP contribution in [0.5, 0.6) is 0 Å². The van der Waals surface area contributed by atoms with Crippen molar-refractivity contribution < 1.29 is 13.2 Å². The number of rotatable bonds is 3. The highest BCUT2D eigenvalue weighted by Crippen LogP contribution is 2.33. The molecule has 1 aromatic carbocycles. The molecule has 1 aliphatic rings. The molecule has 1 unspecified atom stereocenters. The fourth-order valence-electron chi connectivity index (χ4n) is 2.34. The Balaban J connectivity index is 2.35. The maximum atomic E-state index is 11.6. The number of hydrogen-bond acceptors (Lipinski definition) is 5. The lowest BCUT2D eigenvalue weighted by Crippen LogP contribution is -2.27. The predicted molar refractivity (Wildman–Crippen MR) is 73.5 cm³/mol. The van der Waals surface area contributed by atoms with Gasteiger partial charge in [0, 0.05) is 19.3 Å². The van der Waals surface area contributed by atoms with Gasteiger partial charge in [-0.2, -0.15) is 0 Å². The van der Waals surface area contributed by atoms with Gasteiger partial charge >= 0.3 is 0 Å². The monoisotopic (exact) mass is 283 g/mol. The molecular formula is C12H17N3O3S. The number of nitrogens with zero attached hydrogens (tertiary/aromatic N) is 1. The summed E-state index contributed by atoms with van der Waals surface area (Å²) in [5, 5.41) is 0. The summed E-state index contributed by atoms with van der Waals surface area (Å²) in [6, 6.07) is 4.89. The molecule has 1 atom stereocenters. The zero-order chi connectivity index (χ0) is 14.2. The van der Waals surface area contributed by atoms with Crippen molar-refractivity contribution in [1.82, 2.24) is 0 Å². The van der Waals surface area contributed by atoms with E-state index >= 15 is 0 Å². The number of amides is 1. The van der Waals surface area contributed by atoms with Crippen LogP contribution in [-0.4, -0.2) is 33.7 Å². The molecule has 6 nitrogen and oxygen atoms in total. The number of sulfone groups is 1. The number of carbonyl (C=O) groups is 1. The van der Waals surface area contributed by atoms with Crippen molar-refractivity contribution in [1.29, 1.82) is 0 Å². The second-order valence-electron chi connectivity index (χ2n) is 4.80. The van der Waals surface area contributed by atoms with Crippen LogP contribution in [0.15, 0.2) is 23.1 Å². The zero-order valence-electron chi connectivity index (χ0n) is 10.7. The van der Waals surface area contributed by atoms with E-state index in [9.17, 15) is 13.2 Å². The number of carbonyl (C=O) groups excluding carboxylic acids is 1. The van der Waals surface area contributed by atoms with Crippen molar-refractivity contribution in [2.24, 2.45) is 11.7 Å². The van der Waals surface area contributed by atoms with Crippen LogP contribution in [0.1, 0.15) is 6.42 Å². The molecule has 1 saturated heterocycles. The Kier molecular flexibility index (Phi) is 3.40. The molecule has 0 aromatic heterocycles. The van der Waals surface area contributed by atoms with Crippen LogP contribution in [0.25, 0.3) is 0 Å². The maximum absolute atomic E-state index is 11.6. The van der Waals surface area contributed by atoms with E-state index in [0.29, 0.717) is 25.2 Å². The lowest BCUT2D eigenvalue weighted by atomic mass is 10.1. The Morgan fingerprint density at radius 2 is 2.11 bits per heavy atom. The molecule has 0 bridgehead atoms. The smallest absolute Gasteiger partial charge is 0.222 e. The number of nitrogen functional groups attached to an aromatic ring is 1. The summed E-state index contributed by atoms with van der Waals surface area (Å²) in [5.41, 5.74) is 12.1. The number of benzene rings is 1. The van der Waals surface area contributed by atoms with E-state index in [-0.39, 0.29) is 22.4 Å². The average Bonchev–Trinajstić information content (AvgIpc) is 2.77. The summed E-state index contributed by atoms with van der Waals surface area (Å²) in [7, 11) is -3.36. The van der Waals surface area contributed by atoms with Crippen molar-refractivity contribution in [3.05, 3.63) is 18.2 Å². The lowest BCUT2D eigenvalue weighted by molar-refractivity contribution is -0.121. The number of anilines is 2. The first-order valence-corrected chi connectivity index (χ1v) is 7.82. The summed E-state index contributed by atoms with van der Waals surface area (Å²) >= 11 is 0. The summed E-state index contributed by atoms with van der Waals surface area (Å²) in [6.45, 7) is 1.12. The van der Waals surface area contributed by atoms with E-state index in [1.807, 2.05) is 4.90 Å². The molecule has 1 amide bonds. The Morgan fingerprint density at radius 1 is 1.42 bits per heavy atom. The van der Waals surface area contributed by atoms with Gasteiger partial charge in [0.1, 0.15) is 0 Å². The minimum Gasteiger partial charge on any atom is -0.396 e. The van der Waals surface area contributed by atoms with Crippen molar-refractivity contribution in [3.8, 4) is 0 Å². The van der Waals surface area contributed by atoms with Crippen molar-refractivity contribution >= 4 is 27.1 Å². The first-order valence-electron chi connectivity index (χ1n) is 5.93. The highest BCUT2D eigenvalue weighted by molar-refractivity contribution is 7.90. The first kappa shape index (κ1) is 13.7. The number of nitrogens with two attached hydrogens (primary N) is 2. The molecule has 4 N–H and O–H groups in total. The molecule has 1 aromatic rings. The average molecular weight is 283 g/mol. The summed E-state index contributed by atoms with van der Waals surface area (Å²) in [4.78, 5) is 13.2. The molecule has 0 saturated carbocycles. The highest BCUT2D eigenvalue weighted by Gasteiger charge is 2.28. The van der Waals surface area contributed by atoms with E-state index in [4.69, 9.17) is 11.5 Å². The van der Waals surface area contributed by atoms with Crippen LogP contribution < -0.4 is 16.4 Å². The summed E-state index contributed by atoms with van der Waals surface area (Å²) in [5.74, 6) is -0.540. The third kappa shape index (κ3) is 2.65. The minimum absolute atomic E-state index is 0.118. The molecule has 1 heterocycles. The number of para-hydroxylation sites is 1. The van der Waals surface area contributed by atoms with Gasteiger partial charge in [-0.1, -0.05) is 6.07 Å². The second-order valence-corrected chi connectivity index (χ2v) is 6.78. The van der Waals surface area contributed by atoms with Crippen LogP contribution >= 0.6 is 0 Å². The normalized spacial score (nSPS) is 19.6. The Labute approximate surface area is 112 Å². The van der Waals surface area contributed by atoms with Gasteiger partial charge in [0.15, 0.2) is 9.84 Å². The molecule has 1 aliphatic heterocycles. The third-order valence-corrected chi connectivity index (χ3v) is 4.53. The van der Waals surface area contributed by atoms with Gasteiger partial charge in [0.05, 0.1) is 22.2 Å². The van der Waals surface area contributed by atoms with Crippen LogP contribution in [0, 0.1) is 5.92 Å². The van der Waals surface area contributed by atoms with Crippen molar-refractivity contribution in [2.75, 3.05) is 30.0 Å². The van der Waals surface area contributed by atoms with Crippen LogP contribution in [0.2, 0.25) is 0 Å². The SMILES string of the molecule is CS(=O)(=O)c1cccc(N2CCC(C(N)=O)C2)c1N. The lowest BCUT2D eigenvalue weighted by Gasteiger charge is -2.21. The molecule has 19 heavy (non-hydrogen) atoms. The van der Waals surface area contributed by atoms with Crippen LogP contribution in [0.3, 0.4) is 0 Å². The largest absolute Gasteiger partial charge is 0.396 e. The quantitative estimate of drug-likeness (QED) is 0.758. The van der Waals surface area contributed by atoms with Crippen LogP contribution in [0.4, 0.5) is 11.4 Å². The van der Waals surface area contributed by atoms with Gasteiger partial charge in [-0.3, -0.25) is 4.79 Å². The summed E-state index contributed by atoms with van der Waals surface area (Å²) < 4.78 is 23.2. The fraction of sp³-hybridized carbons (Fsp3) is 0.417. The number of primary amides is 1. The van der Waals surface area contributed by atoms with E-state index in [1.165, 1.54) is 6.07 Å². The topological polar surface area (TPSA) is 106 Å². The van der Waals surface area contributed by atoms with E-state index in [1.54, 1.807) is 12.1 Å². The Bertz CT molecular complexity index is 613. The van der Waals surface area contributed by atoms with Crippen molar-refractivity contribution in [3.63, 3.8) is 0 Å². The first-order chi connectivity index (χ1) is 8.80. The number of hydrogen-bond donors (Lipinski definition) is 2. The third-order valence-electron chi connectivity index (χ3n) is 3.37. The van der Waals surface area contributed by atoms with Gasteiger partial charge in [-0.25, -0.2) is 8.42 Å². The molecule has 0 spiro atoms. The maximum Gasteiger partial charge on any atom is 0.222 e. The van der Waals surface area contributed by atoms with Gasteiger partial charge in [-0.15, -0.1) is 0 Å². The molecule has 1 fully saturated rings. The van der Waals surface area contributed by atoms with Gasteiger partial charge in [0.25, 0.3) is 0 Å². The van der Waals surface area contributed by atoms with Gasteiger partial charge in [-0.05, 0) is 18.6 Å². The minimum atomic E-state index is -3.36. The van der Waals surface area contributed by atoms with Gasteiger partial charge < -0.3 is 16.4 Å². The molecule has 0 aliphatic carbocycles. The van der Waals surface area contributed by atoms with Crippen molar-refractivity contribution in [2.45, 2.75) is 11.3 Å². The van der Waals surface area contributed by atoms with Gasteiger partial charge in [0.2, 0.25) is 5.91 Å². The Morgan fingerprint density at radius 3 is 2.63 bits per heavy atom. The fourth-order valence-corrected chi connectivity index (χ4v) is 3.17. The molecule has 2 rings (SSSR count). The molecule has 7 heteroatoms. The summed E-state index contributed by atoms with van der Waals surface area (Å²) in [6.07, 6.45) is 1.79. The molecular weight excluding hydrogens is 266 g/mol. The van der Waals surface area contributed by atoms with E-state index in [2.05, 4.69) is 0 Å². The standard InChI is InChI=1S/C12H17N3O3S/c1-19(17,18)10-4-2-3-9(11(10)13)15-6-5-8(7-15)12(14)16/h2-4,8H,5-7,13H2,1H3,(H2,14,16). The van der Waals surface area contributed by atoms with E-state index in [0.717, 1.165) is 6.26 Å². The highest BCUT2D eigenvalue weighted by atomic mass is 32.2. The second kappa shape index (κ2) is 4.73. The Hall–Kier alpha value is -1.76. The zero-order valence-corrected chi connectivity index (χ0v) is 11.5. The molecule has 0 radical (unpaired) electrons. The van der Waals surface area contributed by atoms with E-state index < -0.39 is 9.84 Å². The predicted octanol–water partition coefficient (Wildman–Crippen LogP) is -0.0161.